The van der Waals surface area contributed by atoms with Gasteiger partial charge in [-0.2, -0.15) is 0 Å². The third-order valence-electron chi connectivity index (χ3n) is 3.88. The maximum atomic E-state index is 12.6. The number of amides is 1. The van der Waals surface area contributed by atoms with E-state index < -0.39 is 5.54 Å². The van der Waals surface area contributed by atoms with Crippen molar-refractivity contribution in [1.82, 2.24) is 10.3 Å². The summed E-state index contributed by atoms with van der Waals surface area (Å²) in [6.07, 6.45) is 7.75. The van der Waals surface area contributed by atoms with Gasteiger partial charge in [0.15, 0.2) is 0 Å². The Balaban J connectivity index is 2.29. The van der Waals surface area contributed by atoms with Crippen LogP contribution in [-0.2, 0) is 0 Å². The van der Waals surface area contributed by atoms with Crippen LogP contribution in [0.2, 0.25) is 5.02 Å². The molecule has 0 saturated carbocycles. The first-order chi connectivity index (χ1) is 11.9. The second kappa shape index (κ2) is 7.91. The van der Waals surface area contributed by atoms with E-state index in [9.17, 15) is 4.79 Å². The molecular weight excluding hydrogens is 338 g/mol. The van der Waals surface area contributed by atoms with Crippen LogP contribution in [0.4, 0.5) is 11.5 Å². The molecule has 0 fully saturated rings. The van der Waals surface area contributed by atoms with E-state index in [1.807, 2.05) is 6.92 Å². The number of aromatic nitrogens is 1. The van der Waals surface area contributed by atoms with Gasteiger partial charge in [-0.3, -0.25) is 4.79 Å². The minimum atomic E-state index is -0.715. The lowest BCUT2D eigenvalue weighted by Gasteiger charge is -2.24. The fourth-order valence-corrected chi connectivity index (χ4v) is 2.30. The summed E-state index contributed by atoms with van der Waals surface area (Å²) < 4.78 is 5.20. The zero-order chi connectivity index (χ0) is 18.4. The van der Waals surface area contributed by atoms with Gasteiger partial charge >= 0.3 is 0 Å². The first-order valence-corrected chi connectivity index (χ1v) is 8.16. The van der Waals surface area contributed by atoms with Crippen molar-refractivity contribution in [2.75, 3.05) is 12.4 Å². The second-order valence-electron chi connectivity index (χ2n) is 5.66. The fraction of sp³-hybridized carbons (Fsp3) is 0.263. The zero-order valence-corrected chi connectivity index (χ0v) is 15.1. The summed E-state index contributed by atoms with van der Waals surface area (Å²) in [6, 6.07) is 8.60. The largest absolute Gasteiger partial charge is 0.495 e. The summed E-state index contributed by atoms with van der Waals surface area (Å²) in [5.41, 5.74) is 0.379. The molecule has 0 aliphatic rings. The number of ether oxygens (including phenoxy) is 1. The molecule has 1 atom stereocenters. The minimum Gasteiger partial charge on any atom is -0.495 e. The van der Waals surface area contributed by atoms with E-state index in [-0.39, 0.29) is 5.91 Å². The quantitative estimate of drug-likeness (QED) is 0.766. The number of rotatable bonds is 6. The van der Waals surface area contributed by atoms with E-state index in [2.05, 4.69) is 21.5 Å². The summed E-state index contributed by atoms with van der Waals surface area (Å²) in [6.45, 7) is 3.72. The summed E-state index contributed by atoms with van der Waals surface area (Å²) in [7, 11) is 1.54. The predicted molar refractivity (Wildman–Crippen MR) is 101 cm³/mol. The van der Waals surface area contributed by atoms with Gasteiger partial charge in [-0.15, -0.1) is 6.42 Å². The Morgan fingerprint density at radius 2 is 2.20 bits per heavy atom. The van der Waals surface area contributed by atoms with E-state index in [1.165, 1.54) is 7.11 Å². The Morgan fingerprint density at radius 1 is 1.44 bits per heavy atom. The van der Waals surface area contributed by atoms with E-state index in [1.54, 1.807) is 43.5 Å². The lowest BCUT2D eigenvalue weighted by atomic mass is 9.99. The molecule has 1 unspecified atom stereocenters. The van der Waals surface area contributed by atoms with Crippen LogP contribution >= 0.6 is 11.6 Å². The number of hydrogen-bond donors (Lipinski definition) is 2. The number of carbonyl (C=O) groups is 1. The van der Waals surface area contributed by atoms with Crippen molar-refractivity contribution >= 4 is 29.0 Å². The van der Waals surface area contributed by atoms with Gasteiger partial charge in [0.2, 0.25) is 0 Å². The van der Waals surface area contributed by atoms with Crippen molar-refractivity contribution in [2.24, 2.45) is 0 Å². The summed E-state index contributed by atoms with van der Waals surface area (Å²) in [4.78, 5) is 16.9. The van der Waals surface area contributed by atoms with Crippen molar-refractivity contribution in [2.45, 2.75) is 25.8 Å². The third kappa shape index (κ3) is 4.43. The molecule has 1 amide bonds. The van der Waals surface area contributed by atoms with Crippen LogP contribution in [0.3, 0.4) is 0 Å². The molecule has 1 aromatic heterocycles. The Hall–Kier alpha value is -2.71. The number of hydrogen-bond acceptors (Lipinski definition) is 4. The average molecular weight is 358 g/mol. The van der Waals surface area contributed by atoms with E-state index in [4.69, 9.17) is 22.8 Å². The molecule has 1 heterocycles. The third-order valence-corrected chi connectivity index (χ3v) is 4.19. The number of anilines is 2. The maximum Gasteiger partial charge on any atom is 0.256 e. The van der Waals surface area contributed by atoms with Crippen LogP contribution in [0.25, 0.3) is 0 Å². The molecule has 0 aliphatic heterocycles. The molecule has 25 heavy (non-hydrogen) atoms. The molecule has 0 bridgehead atoms. The van der Waals surface area contributed by atoms with Crippen molar-refractivity contribution in [3.63, 3.8) is 0 Å². The van der Waals surface area contributed by atoms with Gasteiger partial charge in [0.1, 0.15) is 11.6 Å². The Labute approximate surface area is 152 Å². The fourth-order valence-electron chi connectivity index (χ4n) is 2.11. The van der Waals surface area contributed by atoms with E-state index in [0.29, 0.717) is 34.3 Å². The SMILES string of the molecule is C#CC(C)(CC)NC(=O)c1cccnc1Nc1ccc(Cl)c(OC)c1. The van der Waals surface area contributed by atoms with Crippen molar-refractivity contribution in [1.29, 1.82) is 0 Å². The number of methoxy groups -OCH3 is 1. The predicted octanol–water partition coefficient (Wildman–Crippen LogP) is 4.02. The standard InChI is InChI=1S/C19H20ClN3O2/c1-5-19(3,6-2)23-18(24)14-8-7-11-21-17(14)22-13-9-10-15(20)16(12-13)25-4/h1,7-12H,6H2,2-4H3,(H,21,22)(H,23,24). The van der Waals surface area contributed by atoms with Gasteiger partial charge < -0.3 is 15.4 Å². The van der Waals surface area contributed by atoms with Crippen LogP contribution in [-0.4, -0.2) is 23.5 Å². The molecular formula is C19H20ClN3O2. The maximum absolute atomic E-state index is 12.6. The monoisotopic (exact) mass is 357 g/mol. The van der Waals surface area contributed by atoms with Crippen molar-refractivity contribution in [3.05, 3.63) is 47.1 Å². The number of pyridine rings is 1. The number of benzene rings is 1. The minimum absolute atomic E-state index is 0.293. The Kier molecular flexibility index (Phi) is 5.89. The highest BCUT2D eigenvalue weighted by Gasteiger charge is 2.23. The van der Waals surface area contributed by atoms with Crippen LogP contribution in [0.15, 0.2) is 36.5 Å². The lowest BCUT2D eigenvalue weighted by Crippen LogP contribution is -2.44. The second-order valence-corrected chi connectivity index (χ2v) is 6.07. The van der Waals surface area contributed by atoms with Crippen LogP contribution < -0.4 is 15.4 Å². The summed E-state index contributed by atoms with van der Waals surface area (Å²) >= 11 is 6.03. The van der Waals surface area contributed by atoms with Crippen molar-refractivity contribution < 1.29 is 9.53 Å². The summed E-state index contributed by atoms with van der Waals surface area (Å²) in [5, 5.41) is 6.48. The normalized spacial score (nSPS) is 12.6. The number of carbonyl (C=O) groups excluding carboxylic acids is 1. The highest BCUT2D eigenvalue weighted by Crippen LogP contribution is 2.29. The van der Waals surface area contributed by atoms with Crippen molar-refractivity contribution in [3.8, 4) is 18.1 Å². The van der Waals surface area contributed by atoms with Crippen LogP contribution in [0.1, 0.15) is 30.6 Å². The number of nitrogens with one attached hydrogen (secondary N) is 2. The molecule has 5 nitrogen and oxygen atoms in total. The van der Waals surface area contributed by atoms with Gasteiger partial charge in [-0.25, -0.2) is 4.98 Å². The van der Waals surface area contributed by atoms with Gasteiger partial charge in [-0.05, 0) is 37.6 Å². The first kappa shape index (κ1) is 18.6. The lowest BCUT2D eigenvalue weighted by molar-refractivity contribution is 0.0924. The number of halogens is 1. The van der Waals surface area contributed by atoms with Crippen LogP contribution in [0.5, 0.6) is 5.75 Å². The highest BCUT2D eigenvalue weighted by atomic mass is 35.5. The number of terminal acetylenes is 1. The Bertz CT molecular complexity index is 817. The Morgan fingerprint density at radius 3 is 2.84 bits per heavy atom. The molecule has 0 spiro atoms. The molecule has 2 N–H and O–H groups in total. The van der Waals surface area contributed by atoms with Gasteiger partial charge in [0, 0.05) is 18.0 Å². The molecule has 2 aromatic rings. The average Bonchev–Trinajstić information content (AvgIpc) is 2.63. The molecule has 2 rings (SSSR count). The smallest absolute Gasteiger partial charge is 0.256 e. The first-order valence-electron chi connectivity index (χ1n) is 7.78. The van der Waals surface area contributed by atoms with Gasteiger partial charge in [-0.1, -0.05) is 24.4 Å². The van der Waals surface area contributed by atoms with Crippen LogP contribution in [0, 0.1) is 12.3 Å². The molecule has 6 heteroatoms. The zero-order valence-electron chi connectivity index (χ0n) is 14.4. The molecule has 1 aromatic carbocycles. The summed E-state index contributed by atoms with van der Waals surface area (Å²) in [5.74, 6) is 3.27. The molecule has 130 valence electrons. The molecule has 0 aliphatic carbocycles. The highest BCUT2D eigenvalue weighted by molar-refractivity contribution is 6.32. The van der Waals surface area contributed by atoms with Gasteiger partial charge in [0.25, 0.3) is 5.91 Å². The van der Waals surface area contributed by atoms with E-state index in [0.717, 1.165) is 0 Å². The molecule has 0 radical (unpaired) electrons. The number of nitrogens with zero attached hydrogens (tertiary/aromatic N) is 1. The van der Waals surface area contributed by atoms with Gasteiger partial charge in [0.05, 0.1) is 23.2 Å². The molecule has 0 saturated heterocycles. The van der Waals surface area contributed by atoms with E-state index >= 15 is 0 Å². The topological polar surface area (TPSA) is 63.2 Å².